The molecule has 3 rings (SSSR count). The zero-order chi connectivity index (χ0) is 17.3. The Hall–Kier alpha value is -2.61. The summed E-state index contributed by atoms with van der Waals surface area (Å²) in [5.74, 6) is -1.01. The van der Waals surface area contributed by atoms with Gasteiger partial charge in [-0.05, 0) is 42.0 Å². The molecule has 0 spiro atoms. The topological polar surface area (TPSA) is 60.9 Å². The monoisotopic (exact) mass is 339 g/mol. The molecule has 0 radical (unpaired) electrons. The highest BCUT2D eigenvalue weighted by Gasteiger charge is 2.32. The Balaban J connectivity index is 1.92. The third kappa shape index (κ3) is 3.33. The third-order valence-corrected chi connectivity index (χ3v) is 3.59. The maximum Gasteiger partial charge on any atom is 0.416 e. The van der Waals surface area contributed by atoms with E-state index in [1.165, 1.54) is 6.33 Å². The summed E-state index contributed by atoms with van der Waals surface area (Å²) in [6.45, 7) is -0.498. The summed E-state index contributed by atoms with van der Waals surface area (Å²) in [4.78, 5) is 6.97. The molecule has 8 heteroatoms. The fourth-order valence-electron chi connectivity index (χ4n) is 2.44. The van der Waals surface area contributed by atoms with Crippen LogP contribution in [0.15, 0.2) is 42.7 Å². The smallest absolute Gasteiger partial charge is 0.394 e. The number of halogens is 4. The van der Waals surface area contributed by atoms with Crippen molar-refractivity contribution in [3.05, 3.63) is 59.7 Å². The van der Waals surface area contributed by atoms with Gasteiger partial charge >= 0.3 is 6.18 Å². The van der Waals surface area contributed by atoms with Gasteiger partial charge in [0.2, 0.25) is 0 Å². The van der Waals surface area contributed by atoms with Crippen molar-refractivity contribution in [3.8, 4) is 0 Å². The Morgan fingerprint density at radius 2 is 1.96 bits per heavy atom. The number of alkyl halides is 3. The summed E-state index contributed by atoms with van der Waals surface area (Å²) < 4.78 is 52.0. The van der Waals surface area contributed by atoms with Crippen molar-refractivity contribution in [2.24, 2.45) is 0 Å². The van der Waals surface area contributed by atoms with Crippen LogP contribution >= 0.6 is 0 Å². The molecule has 126 valence electrons. The number of benzene rings is 2. The van der Waals surface area contributed by atoms with Gasteiger partial charge in [0.1, 0.15) is 5.82 Å². The van der Waals surface area contributed by atoms with E-state index in [0.717, 1.165) is 23.2 Å². The van der Waals surface area contributed by atoms with Gasteiger partial charge in [-0.3, -0.25) is 0 Å². The van der Waals surface area contributed by atoms with Crippen molar-refractivity contribution in [2.45, 2.75) is 12.2 Å². The van der Waals surface area contributed by atoms with Crippen LogP contribution < -0.4 is 5.32 Å². The van der Waals surface area contributed by atoms with Gasteiger partial charge in [-0.1, -0.05) is 0 Å². The van der Waals surface area contributed by atoms with E-state index in [1.807, 2.05) is 0 Å². The summed E-state index contributed by atoms with van der Waals surface area (Å²) in [7, 11) is 0. The highest BCUT2D eigenvalue weighted by atomic mass is 19.4. The lowest BCUT2D eigenvalue weighted by Crippen LogP contribution is -2.16. The van der Waals surface area contributed by atoms with Crippen molar-refractivity contribution in [1.82, 2.24) is 9.97 Å². The van der Waals surface area contributed by atoms with Gasteiger partial charge in [0, 0.05) is 5.69 Å². The lowest BCUT2D eigenvalue weighted by atomic mass is 10.0. The molecule has 3 N–H and O–H groups in total. The zero-order valence-electron chi connectivity index (χ0n) is 12.2. The number of aliphatic hydroxyl groups excluding tert-OH is 1. The quantitative estimate of drug-likeness (QED) is 0.633. The van der Waals surface area contributed by atoms with E-state index in [-0.39, 0.29) is 5.56 Å². The maximum atomic E-state index is 13.5. The van der Waals surface area contributed by atoms with Crippen molar-refractivity contribution in [1.29, 1.82) is 0 Å². The van der Waals surface area contributed by atoms with Gasteiger partial charge in [-0.2, -0.15) is 13.2 Å². The number of aromatic amines is 1. The zero-order valence-corrected chi connectivity index (χ0v) is 12.2. The molecular weight excluding hydrogens is 326 g/mol. The fourth-order valence-corrected chi connectivity index (χ4v) is 2.44. The molecule has 0 saturated carbocycles. The fraction of sp³-hybridized carbons (Fsp3) is 0.188. The number of hydrogen-bond donors (Lipinski definition) is 3. The molecule has 0 aliphatic carbocycles. The van der Waals surface area contributed by atoms with E-state index in [4.69, 9.17) is 0 Å². The van der Waals surface area contributed by atoms with Crippen molar-refractivity contribution in [3.63, 3.8) is 0 Å². The first-order valence-corrected chi connectivity index (χ1v) is 7.05. The number of anilines is 1. The SMILES string of the molecule is OCC(Nc1ccc2nc[nH]c2c1)c1cc(F)cc(C(F)(F)F)c1. The Morgan fingerprint density at radius 3 is 2.67 bits per heavy atom. The first kappa shape index (κ1) is 16.3. The molecule has 1 atom stereocenters. The standard InChI is InChI=1S/C16H13F4N3O/c17-11-4-9(3-10(5-11)16(18,19)20)15(7-24)23-12-1-2-13-14(6-12)22-8-21-13/h1-6,8,15,23-24H,7H2,(H,21,22). The van der Waals surface area contributed by atoms with E-state index < -0.39 is 30.2 Å². The van der Waals surface area contributed by atoms with Crippen LogP contribution in [-0.2, 0) is 6.18 Å². The number of hydrogen-bond acceptors (Lipinski definition) is 3. The van der Waals surface area contributed by atoms with Crippen LogP contribution in [0, 0.1) is 5.82 Å². The number of imidazole rings is 1. The average Bonchev–Trinajstić information content (AvgIpc) is 2.98. The molecule has 24 heavy (non-hydrogen) atoms. The molecule has 4 nitrogen and oxygen atoms in total. The van der Waals surface area contributed by atoms with Gasteiger partial charge in [0.25, 0.3) is 0 Å². The van der Waals surface area contributed by atoms with Crippen LogP contribution in [0.25, 0.3) is 11.0 Å². The summed E-state index contributed by atoms with van der Waals surface area (Å²) in [6.07, 6.45) is -3.15. The van der Waals surface area contributed by atoms with Crippen molar-refractivity contribution < 1.29 is 22.7 Å². The number of aliphatic hydroxyl groups is 1. The highest BCUT2D eigenvalue weighted by molar-refractivity contribution is 5.78. The summed E-state index contributed by atoms with van der Waals surface area (Å²) in [6, 6.07) is 6.43. The van der Waals surface area contributed by atoms with E-state index in [1.54, 1.807) is 18.2 Å². The molecule has 0 aliphatic heterocycles. The molecule has 0 fully saturated rings. The van der Waals surface area contributed by atoms with Crippen LogP contribution in [0.1, 0.15) is 17.2 Å². The molecule has 0 amide bonds. The van der Waals surface area contributed by atoms with Crippen molar-refractivity contribution in [2.75, 3.05) is 11.9 Å². The first-order valence-electron chi connectivity index (χ1n) is 7.05. The molecular formula is C16H13F4N3O. The predicted molar refractivity (Wildman–Crippen MR) is 80.9 cm³/mol. The van der Waals surface area contributed by atoms with Crippen LogP contribution in [0.5, 0.6) is 0 Å². The third-order valence-electron chi connectivity index (χ3n) is 3.59. The second-order valence-corrected chi connectivity index (χ2v) is 5.28. The van der Waals surface area contributed by atoms with Crippen molar-refractivity contribution >= 4 is 16.7 Å². The second kappa shape index (κ2) is 6.12. The van der Waals surface area contributed by atoms with Crippen LogP contribution in [0.4, 0.5) is 23.2 Å². The van der Waals surface area contributed by atoms with Gasteiger partial charge < -0.3 is 15.4 Å². The summed E-state index contributed by atoms with van der Waals surface area (Å²) >= 11 is 0. The minimum Gasteiger partial charge on any atom is -0.394 e. The van der Waals surface area contributed by atoms with Crippen LogP contribution in [0.2, 0.25) is 0 Å². The number of rotatable bonds is 4. The van der Waals surface area contributed by atoms with Crippen LogP contribution in [0.3, 0.4) is 0 Å². The first-order chi connectivity index (χ1) is 11.4. The number of H-pyrrole nitrogens is 1. The van der Waals surface area contributed by atoms with E-state index in [2.05, 4.69) is 15.3 Å². The molecule has 3 aromatic rings. The van der Waals surface area contributed by atoms with E-state index in [0.29, 0.717) is 11.8 Å². The Kier molecular flexibility index (Phi) is 4.15. The molecule has 1 heterocycles. The normalized spacial score (nSPS) is 13.2. The van der Waals surface area contributed by atoms with Gasteiger partial charge in [0.05, 0.1) is 35.6 Å². The number of fused-ring (bicyclic) bond motifs is 1. The predicted octanol–water partition coefficient (Wildman–Crippen LogP) is 3.87. The molecule has 0 saturated heterocycles. The van der Waals surface area contributed by atoms with Gasteiger partial charge in [-0.15, -0.1) is 0 Å². The minimum absolute atomic E-state index is 0.00883. The maximum absolute atomic E-state index is 13.5. The van der Waals surface area contributed by atoms with E-state index in [9.17, 15) is 22.7 Å². The molecule has 0 bridgehead atoms. The molecule has 1 unspecified atom stereocenters. The molecule has 0 aliphatic rings. The van der Waals surface area contributed by atoms with E-state index >= 15 is 0 Å². The number of nitrogens with one attached hydrogen (secondary N) is 2. The lowest BCUT2D eigenvalue weighted by molar-refractivity contribution is -0.137. The Morgan fingerprint density at radius 1 is 1.17 bits per heavy atom. The Bertz CT molecular complexity index is 860. The average molecular weight is 339 g/mol. The molecule has 1 aromatic heterocycles. The minimum atomic E-state index is -4.66. The summed E-state index contributed by atoms with van der Waals surface area (Å²) in [5, 5.41) is 12.4. The molecule has 2 aromatic carbocycles. The summed E-state index contributed by atoms with van der Waals surface area (Å²) in [5.41, 5.74) is 0.929. The second-order valence-electron chi connectivity index (χ2n) is 5.28. The number of nitrogens with zero attached hydrogens (tertiary/aromatic N) is 1. The highest BCUT2D eigenvalue weighted by Crippen LogP contribution is 2.32. The Labute approximate surface area is 134 Å². The number of aromatic nitrogens is 2. The van der Waals surface area contributed by atoms with Gasteiger partial charge in [-0.25, -0.2) is 9.37 Å². The lowest BCUT2D eigenvalue weighted by Gasteiger charge is -2.19. The van der Waals surface area contributed by atoms with Gasteiger partial charge in [0.15, 0.2) is 0 Å². The van der Waals surface area contributed by atoms with Crippen LogP contribution in [-0.4, -0.2) is 21.7 Å². The largest absolute Gasteiger partial charge is 0.416 e.